The molecule has 28 heavy (non-hydrogen) atoms. The molecule has 0 aliphatic heterocycles. The van der Waals surface area contributed by atoms with E-state index in [4.69, 9.17) is 5.11 Å². The van der Waals surface area contributed by atoms with Crippen molar-refractivity contribution in [2.75, 3.05) is 0 Å². The molecule has 8 heteroatoms. The highest BCUT2D eigenvalue weighted by Crippen LogP contribution is 2.15. The molecule has 1 aromatic carbocycles. The number of nitrogens with zero attached hydrogens (tertiary/aromatic N) is 4. The van der Waals surface area contributed by atoms with E-state index in [1.54, 1.807) is 6.20 Å². The molecule has 0 radical (unpaired) electrons. The Balaban J connectivity index is 1.60. The number of aryl methyl sites for hydroxylation is 2. The molecule has 0 bridgehead atoms. The van der Waals surface area contributed by atoms with Crippen molar-refractivity contribution in [1.82, 2.24) is 24.9 Å². The fraction of sp³-hybridized carbons (Fsp3) is 0.300. The third kappa shape index (κ3) is 4.46. The summed E-state index contributed by atoms with van der Waals surface area (Å²) in [6.07, 6.45) is 1.93. The maximum atomic E-state index is 12.3. The lowest BCUT2D eigenvalue weighted by molar-refractivity contribution is -0.122. The summed E-state index contributed by atoms with van der Waals surface area (Å²) in [5.74, 6) is -1.13. The summed E-state index contributed by atoms with van der Waals surface area (Å²) in [6, 6.07) is 10.8. The van der Waals surface area contributed by atoms with Crippen molar-refractivity contribution in [2.24, 2.45) is 0 Å². The predicted molar refractivity (Wildman–Crippen MR) is 103 cm³/mol. The molecule has 8 nitrogen and oxygen atoms in total. The van der Waals surface area contributed by atoms with Crippen LogP contribution >= 0.6 is 0 Å². The molecule has 1 unspecified atom stereocenters. The number of hydrogen-bond acceptors (Lipinski definition) is 4. The number of aromatic nitrogens is 4. The molecular weight excluding hydrogens is 358 g/mol. The van der Waals surface area contributed by atoms with Gasteiger partial charge in [-0.1, -0.05) is 12.1 Å². The maximum absolute atomic E-state index is 12.3. The Labute approximate surface area is 162 Å². The zero-order valence-electron chi connectivity index (χ0n) is 16.1. The molecule has 0 aliphatic rings. The summed E-state index contributed by atoms with van der Waals surface area (Å²) in [5.41, 5.74) is 3.58. The molecule has 146 valence electrons. The normalized spacial score (nSPS) is 12.0. The van der Waals surface area contributed by atoms with Crippen LogP contribution in [0.5, 0.6) is 0 Å². The van der Waals surface area contributed by atoms with Crippen molar-refractivity contribution in [2.45, 2.75) is 39.8 Å². The van der Waals surface area contributed by atoms with Gasteiger partial charge in [0.15, 0.2) is 5.69 Å². The number of carboxylic acid groups (broad SMARTS) is 1. The highest BCUT2D eigenvalue weighted by Gasteiger charge is 2.14. The van der Waals surface area contributed by atoms with Gasteiger partial charge in [0.2, 0.25) is 5.91 Å². The van der Waals surface area contributed by atoms with Crippen molar-refractivity contribution < 1.29 is 14.7 Å². The van der Waals surface area contributed by atoms with Gasteiger partial charge in [0.25, 0.3) is 0 Å². The lowest BCUT2D eigenvalue weighted by atomic mass is 10.2. The summed E-state index contributed by atoms with van der Waals surface area (Å²) < 4.78 is 3.37. The van der Waals surface area contributed by atoms with E-state index in [0.29, 0.717) is 13.0 Å². The molecule has 3 aromatic rings. The Bertz CT molecular complexity index is 1000. The minimum Gasteiger partial charge on any atom is -0.476 e. The number of carbonyl (C=O) groups excluding carboxylic acids is 1. The van der Waals surface area contributed by atoms with E-state index in [0.717, 1.165) is 22.6 Å². The monoisotopic (exact) mass is 381 g/mol. The first-order valence-electron chi connectivity index (χ1n) is 9.01. The fourth-order valence-electron chi connectivity index (χ4n) is 3.11. The second-order valence-electron chi connectivity index (χ2n) is 6.82. The molecule has 0 saturated heterocycles. The first kappa shape index (κ1) is 19.3. The van der Waals surface area contributed by atoms with E-state index < -0.39 is 5.97 Å². The quantitative estimate of drug-likeness (QED) is 0.655. The van der Waals surface area contributed by atoms with E-state index in [9.17, 15) is 9.59 Å². The molecule has 2 N–H and O–H groups in total. The van der Waals surface area contributed by atoms with E-state index in [-0.39, 0.29) is 17.6 Å². The highest BCUT2D eigenvalue weighted by molar-refractivity contribution is 5.85. The number of hydrogen-bond donors (Lipinski definition) is 2. The number of amides is 1. The summed E-state index contributed by atoms with van der Waals surface area (Å²) >= 11 is 0. The third-order valence-corrected chi connectivity index (χ3v) is 4.42. The van der Waals surface area contributed by atoms with Gasteiger partial charge in [0.1, 0.15) is 0 Å². The van der Waals surface area contributed by atoms with Gasteiger partial charge in [-0.3, -0.25) is 9.48 Å². The number of nitrogens with one attached hydrogen (secondary N) is 1. The summed E-state index contributed by atoms with van der Waals surface area (Å²) in [6.45, 7) is 6.26. The van der Waals surface area contributed by atoms with Crippen LogP contribution in [-0.4, -0.2) is 36.5 Å². The summed E-state index contributed by atoms with van der Waals surface area (Å²) in [7, 11) is 0. The van der Waals surface area contributed by atoms with Gasteiger partial charge in [-0.25, -0.2) is 9.48 Å². The van der Waals surface area contributed by atoms with E-state index in [2.05, 4.69) is 15.5 Å². The Morgan fingerprint density at radius 2 is 1.96 bits per heavy atom. The molecule has 0 saturated carbocycles. The molecule has 1 atom stereocenters. The van der Waals surface area contributed by atoms with Crippen molar-refractivity contribution >= 4 is 11.9 Å². The second-order valence-corrected chi connectivity index (χ2v) is 6.82. The van der Waals surface area contributed by atoms with E-state index >= 15 is 0 Å². The van der Waals surface area contributed by atoms with Gasteiger partial charge in [-0.2, -0.15) is 10.2 Å². The molecule has 3 rings (SSSR count). The van der Waals surface area contributed by atoms with Crippen LogP contribution in [0.25, 0.3) is 5.69 Å². The first-order valence-corrected chi connectivity index (χ1v) is 9.01. The average Bonchev–Trinajstić information content (AvgIpc) is 3.27. The van der Waals surface area contributed by atoms with Gasteiger partial charge in [-0.05, 0) is 50.6 Å². The molecule has 0 fully saturated rings. The Morgan fingerprint density at radius 3 is 2.61 bits per heavy atom. The molecule has 2 heterocycles. The Morgan fingerprint density at radius 1 is 1.18 bits per heavy atom. The van der Waals surface area contributed by atoms with Crippen LogP contribution < -0.4 is 5.32 Å². The van der Waals surface area contributed by atoms with Crippen LogP contribution in [0.15, 0.2) is 42.6 Å². The van der Waals surface area contributed by atoms with E-state index in [1.807, 2.05) is 55.8 Å². The van der Waals surface area contributed by atoms with Gasteiger partial charge in [0, 0.05) is 24.9 Å². The predicted octanol–water partition coefficient (Wildman–Crippen LogP) is 2.65. The number of carbonyl (C=O) groups is 2. The average molecular weight is 381 g/mol. The summed E-state index contributed by atoms with van der Waals surface area (Å²) in [4.78, 5) is 23.3. The zero-order chi connectivity index (χ0) is 20.3. The molecule has 0 spiro atoms. The number of benzene rings is 1. The smallest absolute Gasteiger partial charge is 0.356 e. The van der Waals surface area contributed by atoms with Crippen LogP contribution in [0.1, 0.15) is 46.8 Å². The lowest BCUT2D eigenvalue weighted by Crippen LogP contribution is -2.26. The maximum Gasteiger partial charge on any atom is 0.356 e. The van der Waals surface area contributed by atoms with Gasteiger partial charge in [0.05, 0.1) is 17.4 Å². The zero-order valence-corrected chi connectivity index (χ0v) is 16.1. The molecule has 1 amide bonds. The molecule has 2 aromatic heterocycles. The van der Waals surface area contributed by atoms with Crippen LogP contribution in [0.2, 0.25) is 0 Å². The summed E-state index contributed by atoms with van der Waals surface area (Å²) in [5, 5.41) is 20.4. The standard InChI is InChI=1S/C20H23N5O3/c1-13-9-14(2)25(22-13)15(3)10-19(26)21-12-16-5-4-6-17(11-16)24-8-7-18(23-24)20(27)28/h4-9,11,15H,10,12H2,1-3H3,(H,21,26)(H,27,28). The minimum absolute atomic E-state index is 0.0168. The van der Waals surface area contributed by atoms with Crippen LogP contribution in [0.3, 0.4) is 0 Å². The Kier molecular flexibility index (Phi) is 5.58. The number of aromatic carboxylic acids is 1. The third-order valence-electron chi connectivity index (χ3n) is 4.42. The van der Waals surface area contributed by atoms with Crippen LogP contribution in [-0.2, 0) is 11.3 Å². The van der Waals surface area contributed by atoms with Crippen LogP contribution in [0, 0.1) is 13.8 Å². The molecule has 0 aliphatic carbocycles. The first-order chi connectivity index (χ1) is 13.3. The SMILES string of the molecule is Cc1cc(C)n(C(C)CC(=O)NCc2cccc(-n3ccc(C(=O)O)n3)c2)n1. The van der Waals surface area contributed by atoms with E-state index in [1.165, 1.54) is 10.7 Å². The number of carboxylic acids is 1. The van der Waals surface area contributed by atoms with Gasteiger partial charge < -0.3 is 10.4 Å². The fourth-order valence-corrected chi connectivity index (χ4v) is 3.11. The lowest BCUT2D eigenvalue weighted by Gasteiger charge is -2.14. The largest absolute Gasteiger partial charge is 0.476 e. The van der Waals surface area contributed by atoms with Crippen LogP contribution in [0.4, 0.5) is 0 Å². The van der Waals surface area contributed by atoms with Crippen molar-refractivity contribution in [1.29, 1.82) is 0 Å². The van der Waals surface area contributed by atoms with Crippen molar-refractivity contribution in [3.05, 3.63) is 65.2 Å². The van der Waals surface area contributed by atoms with Crippen molar-refractivity contribution in [3.8, 4) is 5.69 Å². The topological polar surface area (TPSA) is 102 Å². The minimum atomic E-state index is -1.07. The Hall–Kier alpha value is -3.42. The second kappa shape index (κ2) is 8.08. The van der Waals surface area contributed by atoms with Gasteiger partial charge >= 0.3 is 5.97 Å². The molecular formula is C20H23N5O3. The highest BCUT2D eigenvalue weighted by atomic mass is 16.4. The number of rotatable bonds is 7. The van der Waals surface area contributed by atoms with Crippen molar-refractivity contribution in [3.63, 3.8) is 0 Å². The van der Waals surface area contributed by atoms with Gasteiger partial charge in [-0.15, -0.1) is 0 Å².